The number of hydrogen-bond acceptors (Lipinski definition) is 6. The van der Waals surface area contributed by atoms with Gasteiger partial charge in [-0.05, 0) is 49.1 Å². The Hall–Kier alpha value is -2.18. The van der Waals surface area contributed by atoms with Crippen molar-refractivity contribution in [2.75, 3.05) is 19.9 Å². The molecule has 1 aromatic carbocycles. The number of likely N-dealkylation sites (tertiary alicyclic amines) is 1. The maximum atomic E-state index is 6.32. The fraction of sp³-hybridized carbons (Fsp3) is 0.474. The van der Waals surface area contributed by atoms with Crippen molar-refractivity contribution < 1.29 is 14.2 Å². The summed E-state index contributed by atoms with van der Waals surface area (Å²) in [6.07, 6.45) is 6.05. The van der Waals surface area contributed by atoms with Gasteiger partial charge in [-0.15, -0.1) is 0 Å². The average molecular weight is 339 g/mol. The van der Waals surface area contributed by atoms with E-state index in [1.54, 1.807) is 12.5 Å². The Labute approximate surface area is 146 Å². The second-order valence-electron chi connectivity index (χ2n) is 7.00. The molecule has 2 fully saturated rings. The number of piperidine rings is 1. The normalized spacial score (nSPS) is 28.1. The smallest absolute Gasteiger partial charge is 0.231 e. The van der Waals surface area contributed by atoms with Crippen molar-refractivity contribution in [2.45, 2.75) is 31.6 Å². The van der Waals surface area contributed by atoms with E-state index in [1.807, 2.05) is 12.1 Å². The van der Waals surface area contributed by atoms with Gasteiger partial charge in [-0.1, -0.05) is 6.07 Å². The molecule has 1 aromatic heterocycles. The van der Waals surface area contributed by atoms with E-state index in [2.05, 4.69) is 27.0 Å². The molecule has 0 spiro atoms. The Balaban J connectivity index is 1.24. The number of aromatic nitrogens is 2. The van der Waals surface area contributed by atoms with Crippen LogP contribution in [0.15, 0.2) is 36.8 Å². The van der Waals surface area contributed by atoms with E-state index in [4.69, 9.17) is 14.2 Å². The third kappa shape index (κ3) is 2.96. The highest BCUT2D eigenvalue weighted by Gasteiger charge is 2.40. The van der Waals surface area contributed by atoms with Crippen LogP contribution in [0.2, 0.25) is 0 Å². The van der Waals surface area contributed by atoms with E-state index in [0.717, 1.165) is 43.2 Å². The molecule has 130 valence electrons. The molecule has 3 atom stereocenters. The molecule has 4 heterocycles. The largest absolute Gasteiger partial charge is 0.454 e. The van der Waals surface area contributed by atoms with Gasteiger partial charge in [-0.3, -0.25) is 4.90 Å². The zero-order valence-electron chi connectivity index (χ0n) is 14.0. The van der Waals surface area contributed by atoms with Crippen LogP contribution in [0.25, 0.3) is 0 Å². The molecule has 2 saturated heterocycles. The van der Waals surface area contributed by atoms with Crippen molar-refractivity contribution >= 4 is 0 Å². The van der Waals surface area contributed by atoms with E-state index in [9.17, 15) is 0 Å². The molecule has 3 aliphatic heterocycles. The van der Waals surface area contributed by atoms with Gasteiger partial charge in [0.25, 0.3) is 0 Å². The lowest BCUT2D eigenvalue weighted by Gasteiger charge is -2.34. The van der Waals surface area contributed by atoms with E-state index in [-0.39, 0.29) is 6.10 Å². The van der Waals surface area contributed by atoms with E-state index >= 15 is 0 Å². The van der Waals surface area contributed by atoms with Crippen LogP contribution in [-0.2, 0) is 11.3 Å². The third-order valence-corrected chi connectivity index (χ3v) is 5.41. The summed E-state index contributed by atoms with van der Waals surface area (Å²) in [5.74, 6) is 2.33. The van der Waals surface area contributed by atoms with Gasteiger partial charge >= 0.3 is 0 Å². The monoisotopic (exact) mass is 339 g/mol. The second kappa shape index (κ2) is 6.28. The number of fused-ring (bicyclic) bond motifs is 2. The molecule has 0 radical (unpaired) electrons. The van der Waals surface area contributed by atoms with Crippen LogP contribution in [0.4, 0.5) is 0 Å². The van der Waals surface area contributed by atoms with Crippen LogP contribution in [0, 0.1) is 5.92 Å². The highest BCUT2D eigenvalue weighted by Crippen LogP contribution is 2.40. The topological polar surface area (TPSA) is 56.7 Å². The number of rotatable bonds is 3. The Kier molecular flexibility index (Phi) is 3.79. The Bertz CT molecular complexity index is 755. The van der Waals surface area contributed by atoms with Crippen LogP contribution in [0.1, 0.15) is 30.2 Å². The lowest BCUT2D eigenvalue weighted by molar-refractivity contribution is -0.0106. The van der Waals surface area contributed by atoms with E-state index < -0.39 is 0 Å². The first-order chi connectivity index (χ1) is 12.3. The molecule has 0 amide bonds. The zero-order chi connectivity index (χ0) is 16.6. The molecule has 0 N–H and O–H groups in total. The predicted octanol–water partition coefficient (Wildman–Crippen LogP) is 2.56. The highest BCUT2D eigenvalue weighted by atomic mass is 16.7. The van der Waals surface area contributed by atoms with Gasteiger partial charge in [-0.2, -0.15) is 0 Å². The number of ether oxygens (including phenoxy) is 3. The fourth-order valence-corrected chi connectivity index (χ4v) is 4.12. The first-order valence-corrected chi connectivity index (χ1v) is 8.87. The molecule has 25 heavy (non-hydrogen) atoms. The van der Waals surface area contributed by atoms with Crippen molar-refractivity contribution in [2.24, 2.45) is 5.92 Å². The van der Waals surface area contributed by atoms with Gasteiger partial charge < -0.3 is 14.2 Å². The molecule has 0 bridgehead atoms. The molecule has 5 rings (SSSR count). The molecular formula is C19H21N3O3. The van der Waals surface area contributed by atoms with Crippen LogP contribution >= 0.6 is 0 Å². The molecule has 6 heteroatoms. The minimum absolute atomic E-state index is 0.114. The summed E-state index contributed by atoms with van der Waals surface area (Å²) in [6.45, 7) is 3.32. The van der Waals surface area contributed by atoms with Crippen molar-refractivity contribution in [3.05, 3.63) is 48.0 Å². The Morgan fingerprint density at radius 2 is 2.12 bits per heavy atom. The highest BCUT2D eigenvalue weighted by molar-refractivity contribution is 5.44. The molecule has 3 aliphatic rings. The second-order valence-corrected chi connectivity index (χ2v) is 7.00. The lowest BCUT2D eigenvalue weighted by atomic mass is 9.91. The number of nitrogens with zero attached hydrogens (tertiary/aromatic N) is 3. The maximum absolute atomic E-state index is 6.32. The van der Waals surface area contributed by atoms with Gasteiger partial charge in [-0.25, -0.2) is 9.97 Å². The Morgan fingerprint density at radius 1 is 1.16 bits per heavy atom. The predicted molar refractivity (Wildman–Crippen MR) is 90.2 cm³/mol. The van der Waals surface area contributed by atoms with Gasteiger partial charge in [0.2, 0.25) is 6.79 Å². The molecule has 2 aromatic rings. The number of hydrogen-bond donors (Lipinski definition) is 0. The maximum Gasteiger partial charge on any atom is 0.231 e. The fourth-order valence-electron chi connectivity index (χ4n) is 4.12. The first kappa shape index (κ1) is 15.1. The van der Waals surface area contributed by atoms with Gasteiger partial charge in [0.1, 0.15) is 12.4 Å². The summed E-state index contributed by atoms with van der Waals surface area (Å²) < 4.78 is 17.2. The van der Waals surface area contributed by atoms with Gasteiger partial charge in [0, 0.05) is 19.3 Å². The van der Waals surface area contributed by atoms with Gasteiger partial charge in [0.05, 0.1) is 11.8 Å². The van der Waals surface area contributed by atoms with E-state index in [0.29, 0.717) is 18.8 Å². The lowest BCUT2D eigenvalue weighted by Crippen LogP contribution is -2.41. The molecule has 0 aliphatic carbocycles. The van der Waals surface area contributed by atoms with Crippen LogP contribution in [0.5, 0.6) is 11.5 Å². The minimum atomic E-state index is 0.114. The standard InChI is InChI=1S/C19H21N3O3/c1-2-16-18(24-12-23-16)7-13(1)9-22-6-4-14-8-17(25-19(14)10-22)15-3-5-20-11-21-15/h1-3,5,7,11,14,17,19H,4,6,8-10,12H2/t14-,17+,19+/m1/s1. The minimum Gasteiger partial charge on any atom is -0.454 e. The van der Waals surface area contributed by atoms with Crippen LogP contribution < -0.4 is 9.47 Å². The quantitative estimate of drug-likeness (QED) is 0.857. The van der Waals surface area contributed by atoms with E-state index in [1.165, 1.54) is 12.0 Å². The Morgan fingerprint density at radius 3 is 3.04 bits per heavy atom. The van der Waals surface area contributed by atoms with Crippen molar-refractivity contribution in [3.63, 3.8) is 0 Å². The summed E-state index contributed by atoms with van der Waals surface area (Å²) in [4.78, 5) is 10.8. The molecule has 6 nitrogen and oxygen atoms in total. The van der Waals surface area contributed by atoms with Crippen LogP contribution in [0.3, 0.4) is 0 Å². The first-order valence-electron chi connectivity index (χ1n) is 8.87. The van der Waals surface area contributed by atoms with Crippen molar-refractivity contribution in [3.8, 4) is 11.5 Å². The van der Waals surface area contributed by atoms with Gasteiger partial charge in [0.15, 0.2) is 11.5 Å². The summed E-state index contributed by atoms with van der Waals surface area (Å²) in [6, 6.07) is 8.18. The number of benzene rings is 1. The zero-order valence-corrected chi connectivity index (χ0v) is 14.0. The molecular weight excluding hydrogens is 318 g/mol. The summed E-state index contributed by atoms with van der Waals surface area (Å²) >= 11 is 0. The van der Waals surface area contributed by atoms with Crippen LogP contribution in [-0.4, -0.2) is 40.9 Å². The molecule has 0 saturated carbocycles. The summed E-state index contributed by atoms with van der Waals surface area (Å²) in [5.41, 5.74) is 2.26. The summed E-state index contributed by atoms with van der Waals surface area (Å²) in [5, 5.41) is 0. The van der Waals surface area contributed by atoms with Crippen molar-refractivity contribution in [1.29, 1.82) is 0 Å². The summed E-state index contributed by atoms with van der Waals surface area (Å²) in [7, 11) is 0. The average Bonchev–Trinajstić information content (AvgIpc) is 3.28. The SMILES string of the molecule is c1cc([C@@H]2C[C@H]3CCN(Cc4ccc5c(c4)OCO5)C[C@@H]3O2)ncn1. The third-order valence-electron chi connectivity index (χ3n) is 5.41. The van der Waals surface area contributed by atoms with Crippen molar-refractivity contribution in [1.82, 2.24) is 14.9 Å². The molecule has 0 unspecified atom stereocenters.